The maximum absolute atomic E-state index is 13.9. The van der Waals surface area contributed by atoms with Gasteiger partial charge >= 0.3 is 0 Å². The van der Waals surface area contributed by atoms with Gasteiger partial charge in [-0.05, 0) is 37.1 Å². The molecule has 1 fully saturated rings. The molecule has 2 N–H and O–H groups in total. The summed E-state index contributed by atoms with van der Waals surface area (Å²) < 4.78 is 42.7. The summed E-state index contributed by atoms with van der Waals surface area (Å²) in [6.07, 6.45) is -1.07. The minimum atomic E-state index is -4.01. The third-order valence-corrected chi connectivity index (χ3v) is 7.97. The predicted octanol–water partition coefficient (Wildman–Crippen LogP) is 1.91. The number of aliphatic hydroxyl groups is 1. The average Bonchev–Trinajstić information content (AvgIpc) is 3.09. The quantitative estimate of drug-likeness (QED) is 0.605. The fourth-order valence-electron chi connectivity index (χ4n) is 3.96. The van der Waals surface area contributed by atoms with Crippen molar-refractivity contribution in [1.82, 2.24) is 19.2 Å². The number of benzene rings is 1. The van der Waals surface area contributed by atoms with E-state index in [4.69, 9.17) is 0 Å². The normalized spacial score (nSPS) is 19.9. The van der Waals surface area contributed by atoms with Gasteiger partial charge in [0, 0.05) is 44.0 Å². The van der Waals surface area contributed by atoms with Gasteiger partial charge < -0.3 is 15.0 Å². The van der Waals surface area contributed by atoms with Gasteiger partial charge in [0.25, 0.3) is 5.91 Å². The first-order valence-electron chi connectivity index (χ1n) is 10.3. The molecular weight excluding hydrogens is 435 g/mol. The first-order chi connectivity index (χ1) is 15.2. The molecule has 8 nitrogen and oxygen atoms in total. The molecule has 1 aromatic carbocycles. The number of hydrogen-bond acceptors (Lipinski definition) is 5. The second-order valence-electron chi connectivity index (χ2n) is 7.94. The highest BCUT2D eigenvalue weighted by atomic mass is 32.2. The van der Waals surface area contributed by atoms with Crippen molar-refractivity contribution in [3.63, 3.8) is 0 Å². The molecule has 10 heteroatoms. The maximum Gasteiger partial charge on any atom is 0.268 e. The Balaban J connectivity index is 1.56. The molecule has 0 aliphatic carbocycles. The van der Waals surface area contributed by atoms with Crippen molar-refractivity contribution in [2.45, 2.75) is 37.1 Å². The van der Waals surface area contributed by atoms with E-state index >= 15 is 0 Å². The third kappa shape index (κ3) is 4.01. The molecule has 4 rings (SSSR count). The van der Waals surface area contributed by atoms with Crippen LogP contribution in [0.3, 0.4) is 0 Å². The Morgan fingerprint density at radius 3 is 2.84 bits per heavy atom. The zero-order chi connectivity index (χ0) is 23.0. The van der Waals surface area contributed by atoms with Gasteiger partial charge in [0.05, 0.1) is 11.6 Å². The average molecular weight is 461 g/mol. The number of aromatic nitrogens is 2. The molecule has 170 valence electrons. The van der Waals surface area contributed by atoms with Crippen LogP contribution in [0.4, 0.5) is 4.39 Å². The largest absolute Gasteiger partial charge is 0.390 e. The van der Waals surface area contributed by atoms with Crippen LogP contribution in [0.2, 0.25) is 0 Å². The summed E-state index contributed by atoms with van der Waals surface area (Å²) in [5.74, 6) is -0.421. The number of piperidine rings is 1. The van der Waals surface area contributed by atoms with Crippen molar-refractivity contribution in [2.75, 3.05) is 13.1 Å². The molecule has 0 unspecified atom stereocenters. The Morgan fingerprint density at radius 1 is 1.31 bits per heavy atom. The number of halogens is 1. The van der Waals surface area contributed by atoms with Crippen LogP contribution in [-0.4, -0.2) is 58.7 Å². The molecule has 1 amide bonds. The summed E-state index contributed by atoms with van der Waals surface area (Å²) in [4.78, 5) is 17.2. The molecule has 32 heavy (non-hydrogen) atoms. The number of nitrogens with one attached hydrogen (secondary N) is 1. The van der Waals surface area contributed by atoms with E-state index in [1.807, 2.05) is 30.3 Å². The number of carbonyl (C=O) groups excluding carboxylic acids is 1. The number of hydrogen-bond donors (Lipinski definition) is 2. The highest BCUT2D eigenvalue weighted by molar-refractivity contribution is 7.89. The first-order valence-corrected chi connectivity index (χ1v) is 11.7. The van der Waals surface area contributed by atoms with Gasteiger partial charge in [-0.3, -0.25) is 9.78 Å². The summed E-state index contributed by atoms with van der Waals surface area (Å²) in [6, 6.07) is 10.7. The van der Waals surface area contributed by atoms with Crippen molar-refractivity contribution in [1.29, 1.82) is 0 Å². The zero-order valence-electron chi connectivity index (χ0n) is 17.8. The highest BCUT2D eigenvalue weighted by Gasteiger charge is 2.37. The lowest BCUT2D eigenvalue weighted by molar-refractivity contribution is 0.0303. The molecule has 0 bridgehead atoms. The Morgan fingerprint density at radius 2 is 2.09 bits per heavy atom. The van der Waals surface area contributed by atoms with E-state index < -0.39 is 34.8 Å². The molecule has 2 atom stereocenters. The van der Waals surface area contributed by atoms with Crippen LogP contribution >= 0.6 is 0 Å². The van der Waals surface area contributed by atoms with Gasteiger partial charge in [0.1, 0.15) is 16.8 Å². The zero-order valence-corrected chi connectivity index (χ0v) is 18.6. The Labute approximate surface area is 185 Å². The van der Waals surface area contributed by atoms with E-state index in [1.54, 1.807) is 20.2 Å². The molecule has 3 aromatic rings. The van der Waals surface area contributed by atoms with Gasteiger partial charge in [-0.25, -0.2) is 12.8 Å². The fraction of sp³-hybridized carbons (Fsp3) is 0.364. The van der Waals surface area contributed by atoms with Crippen molar-refractivity contribution in [3.05, 3.63) is 59.5 Å². The minimum Gasteiger partial charge on any atom is -0.390 e. The maximum atomic E-state index is 13.9. The number of alkyl halides is 1. The number of sulfonamides is 1. The second kappa shape index (κ2) is 8.61. The van der Waals surface area contributed by atoms with Gasteiger partial charge in [0.2, 0.25) is 10.0 Å². The van der Waals surface area contributed by atoms with Crippen LogP contribution < -0.4 is 5.32 Å². The lowest BCUT2D eigenvalue weighted by Gasteiger charge is -2.31. The fourth-order valence-corrected chi connectivity index (χ4v) is 5.69. The van der Waals surface area contributed by atoms with Crippen LogP contribution in [0.25, 0.3) is 10.9 Å². The van der Waals surface area contributed by atoms with Gasteiger partial charge in [0.15, 0.2) is 0 Å². The number of rotatable bonds is 5. The number of carbonyl (C=O) groups is 1. The predicted molar refractivity (Wildman–Crippen MR) is 117 cm³/mol. The summed E-state index contributed by atoms with van der Waals surface area (Å²) >= 11 is 0. The van der Waals surface area contributed by atoms with Crippen LogP contribution in [0, 0.1) is 6.92 Å². The lowest BCUT2D eigenvalue weighted by Crippen LogP contribution is -2.47. The summed E-state index contributed by atoms with van der Waals surface area (Å²) in [7, 11) is -2.39. The van der Waals surface area contributed by atoms with E-state index in [2.05, 4.69) is 10.3 Å². The summed E-state index contributed by atoms with van der Waals surface area (Å²) in [5, 5.41) is 13.3. The van der Waals surface area contributed by atoms with Crippen LogP contribution in [-0.2, 0) is 23.6 Å². The molecular formula is C22H25FN4O4S. The molecule has 2 aromatic heterocycles. The van der Waals surface area contributed by atoms with E-state index in [0.29, 0.717) is 5.69 Å². The number of fused-ring (bicyclic) bond motifs is 1. The molecule has 1 aliphatic rings. The summed E-state index contributed by atoms with van der Waals surface area (Å²) in [6.45, 7) is 1.47. The highest BCUT2D eigenvalue weighted by Crippen LogP contribution is 2.27. The standard InChI is InChI=1S/C22H25FN4O4S/c1-14-21(32(30,31)27-10-8-20(28)17(23)13-27)11-19(26(14)2)22(29)25-12-15-5-3-7-18-16(15)6-4-9-24-18/h3-7,9,11,17,20,28H,8,10,12-13H2,1-2H3,(H,25,29)/t17-,20+/m0/s1. The SMILES string of the molecule is Cc1c(S(=O)(=O)N2CC[C@@H](O)[C@@H](F)C2)cc(C(=O)NCc2cccc3ncccc23)n1C. The van der Waals surface area contributed by atoms with Crippen LogP contribution in [0.1, 0.15) is 28.2 Å². The van der Waals surface area contributed by atoms with E-state index in [9.17, 15) is 22.7 Å². The topological polar surface area (TPSA) is 105 Å². The molecule has 0 saturated carbocycles. The van der Waals surface area contributed by atoms with Crippen LogP contribution in [0.5, 0.6) is 0 Å². The smallest absolute Gasteiger partial charge is 0.268 e. The van der Waals surface area contributed by atoms with Crippen LogP contribution in [0.15, 0.2) is 47.5 Å². The molecule has 1 aliphatic heterocycles. The number of pyridine rings is 1. The van der Waals surface area contributed by atoms with Gasteiger partial charge in [-0.1, -0.05) is 18.2 Å². The van der Waals surface area contributed by atoms with E-state index in [1.165, 1.54) is 10.6 Å². The molecule has 3 heterocycles. The lowest BCUT2D eigenvalue weighted by atomic mass is 10.1. The number of amides is 1. The van der Waals surface area contributed by atoms with Crippen molar-refractivity contribution in [3.8, 4) is 0 Å². The number of nitrogens with zero attached hydrogens (tertiary/aromatic N) is 3. The number of aliphatic hydroxyl groups excluding tert-OH is 1. The van der Waals surface area contributed by atoms with Crippen molar-refractivity contribution >= 4 is 26.8 Å². The second-order valence-corrected chi connectivity index (χ2v) is 9.85. The molecule has 1 saturated heterocycles. The Kier molecular flexibility index (Phi) is 6.02. The minimum absolute atomic E-state index is 0.0227. The van der Waals surface area contributed by atoms with Gasteiger partial charge in [-0.15, -0.1) is 0 Å². The monoisotopic (exact) mass is 460 g/mol. The first kappa shape index (κ1) is 22.4. The van der Waals surface area contributed by atoms with E-state index in [0.717, 1.165) is 20.8 Å². The molecule has 0 radical (unpaired) electrons. The summed E-state index contributed by atoms with van der Waals surface area (Å²) in [5.41, 5.74) is 2.28. The third-order valence-electron chi connectivity index (χ3n) is 5.98. The van der Waals surface area contributed by atoms with Crippen molar-refractivity contribution < 1.29 is 22.7 Å². The molecule has 0 spiro atoms. The van der Waals surface area contributed by atoms with Gasteiger partial charge in [-0.2, -0.15) is 4.31 Å². The Hall–Kier alpha value is -2.82. The Bertz CT molecular complexity index is 1270. The van der Waals surface area contributed by atoms with E-state index in [-0.39, 0.29) is 30.1 Å². The van der Waals surface area contributed by atoms with Crippen molar-refractivity contribution in [2.24, 2.45) is 7.05 Å².